The molecule has 0 bridgehead atoms. The van der Waals surface area contributed by atoms with E-state index in [0.29, 0.717) is 12.4 Å². The zero-order valence-corrected chi connectivity index (χ0v) is 16.3. The molecular weight excluding hydrogens is 360 g/mol. The van der Waals surface area contributed by atoms with Gasteiger partial charge in [-0.3, -0.25) is 9.67 Å². The molecule has 5 rings (SSSR count). The SMILES string of the molecule is Cn1cc(-c2cccc(CNc3nc(-c4ccccn4)nc4c3CCC4)c2)cn1. The van der Waals surface area contributed by atoms with Crippen molar-refractivity contribution in [2.75, 3.05) is 5.32 Å². The number of pyridine rings is 1. The number of hydrogen-bond donors (Lipinski definition) is 1. The van der Waals surface area contributed by atoms with Gasteiger partial charge in [-0.25, -0.2) is 9.97 Å². The van der Waals surface area contributed by atoms with Crippen molar-refractivity contribution in [1.82, 2.24) is 24.7 Å². The van der Waals surface area contributed by atoms with Gasteiger partial charge in [-0.05, 0) is 48.6 Å². The van der Waals surface area contributed by atoms with Gasteiger partial charge in [0.15, 0.2) is 5.82 Å². The molecule has 0 unspecified atom stereocenters. The molecular formula is C23H22N6. The molecule has 3 aromatic heterocycles. The molecule has 29 heavy (non-hydrogen) atoms. The average Bonchev–Trinajstić information content (AvgIpc) is 3.42. The second-order valence-corrected chi connectivity index (χ2v) is 7.35. The van der Waals surface area contributed by atoms with E-state index >= 15 is 0 Å². The van der Waals surface area contributed by atoms with Crippen LogP contribution in [0.25, 0.3) is 22.6 Å². The van der Waals surface area contributed by atoms with Gasteiger partial charge in [-0.15, -0.1) is 0 Å². The molecule has 0 spiro atoms. The van der Waals surface area contributed by atoms with Crippen molar-refractivity contribution < 1.29 is 0 Å². The number of aromatic nitrogens is 5. The number of hydrogen-bond acceptors (Lipinski definition) is 5. The van der Waals surface area contributed by atoms with Gasteiger partial charge in [0.2, 0.25) is 0 Å². The van der Waals surface area contributed by atoms with Gasteiger partial charge in [-0.2, -0.15) is 5.10 Å². The van der Waals surface area contributed by atoms with E-state index < -0.39 is 0 Å². The highest BCUT2D eigenvalue weighted by Gasteiger charge is 2.20. The lowest BCUT2D eigenvalue weighted by Gasteiger charge is -2.12. The van der Waals surface area contributed by atoms with Crippen molar-refractivity contribution in [2.24, 2.45) is 7.05 Å². The number of aryl methyl sites for hydroxylation is 2. The van der Waals surface area contributed by atoms with Crippen molar-refractivity contribution in [3.05, 3.63) is 77.9 Å². The summed E-state index contributed by atoms with van der Waals surface area (Å²) in [6.45, 7) is 0.708. The first kappa shape index (κ1) is 17.6. The van der Waals surface area contributed by atoms with Gasteiger partial charge in [0, 0.05) is 42.8 Å². The number of nitrogens with zero attached hydrogens (tertiary/aromatic N) is 5. The van der Waals surface area contributed by atoms with Crippen LogP contribution in [0, 0.1) is 0 Å². The van der Waals surface area contributed by atoms with Gasteiger partial charge >= 0.3 is 0 Å². The minimum Gasteiger partial charge on any atom is -0.366 e. The van der Waals surface area contributed by atoms with Gasteiger partial charge in [-0.1, -0.05) is 24.3 Å². The Morgan fingerprint density at radius 1 is 1.03 bits per heavy atom. The predicted molar refractivity (Wildman–Crippen MR) is 113 cm³/mol. The fourth-order valence-electron chi connectivity index (χ4n) is 3.81. The van der Waals surface area contributed by atoms with Crippen LogP contribution >= 0.6 is 0 Å². The van der Waals surface area contributed by atoms with Gasteiger partial charge in [0.25, 0.3) is 0 Å². The molecule has 6 nitrogen and oxygen atoms in total. The van der Waals surface area contributed by atoms with E-state index in [4.69, 9.17) is 9.97 Å². The van der Waals surface area contributed by atoms with Crippen LogP contribution in [0.4, 0.5) is 5.82 Å². The molecule has 1 aromatic carbocycles. The van der Waals surface area contributed by atoms with E-state index in [1.807, 2.05) is 42.3 Å². The van der Waals surface area contributed by atoms with Crippen LogP contribution in [-0.2, 0) is 26.4 Å². The maximum absolute atomic E-state index is 4.82. The number of fused-ring (bicyclic) bond motifs is 1. The Labute approximate surface area is 169 Å². The maximum Gasteiger partial charge on any atom is 0.180 e. The minimum absolute atomic E-state index is 0.692. The van der Waals surface area contributed by atoms with Gasteiger partial charge in [0.1, 0.15) is 11.5 Å². The zero-order chi connectivity index (χ0) is 19.6. The van der Waals surface area contributed by atoms with E-state index in [9.17, 15) is 0 Å². The summed E-state index contributed by atoms with van der Waals surface area (Å²) in [6.07, 6.45) is 8.86. The smallest absolute Gasteiger partial charge is 0.180 e. The Morgan fingerprint density at radius 3 is 2.83 bits per heavy atom. The molecule has 4 aromatic rings. The van der Waals surface area contributed by atoms with E-state index in [2.05, 4.69) is 39.7 Å². The molecule has 0 amide bonds. The third-order valence-corrected chi connectivity index (χ3v) is 5.25. The van der Waals surface area contributed by atoms with Crippen LogP contribution in [0.5, 0.6) is 0 Å². The van der Waals surface area contributed by atoms with E-state index in [-0.39, 0.29) is 0 Å². The molecule has 0 saturated heterocycles. The van der Waals surface area contributed by atoms with Crippen molar-refractivity contribution in [3.8, 4) is 22.6 Å². The molecule has 0 fully saturated rings. The predicted octanol–water partition coefficient (Wildman–Crippen LogP) is 4.04. The molecule has 1 aliphatic carbocycles. The van der Waals surface area contributed by atoms with E-state index in [1.54, 1.807) is 6.20 Å². The van der Waals surface area contributed by atoms with Crippen LogP contribution in [0.3, 0.4) is 0 Å². The molecule has 6 heteroatoms. The monoisotopic (exact) mass is 382 g/mol. The Morgan fingerprint density at radius 2 is 2.00 bits per heavy atom. The highest BCUT2D eigenvalue weighted by atomic mass is 15.2. The lowest BCUT2D eigenvalue weighted by molar-refractivity contribution is 0.768. The summed E-state index contributed by atoms with van der Waals surface area (Å²) >= 11 is 0. The van der Waals surface area contributed by atoms with Crippen LogP contribution in [-0.4, -0.2) is 24.7 Å². The Balaban J connectivity index is 1.42. The van der Waals surface area contributed by atoms with Crippen molar-refractivity contribution >= 4 is 5.82 Å². The van der Waals surface area contributed by atoms with Crippen LogP contribution in [0.15, 0.2) is 61.1 Å². The van der Waals surface area contributed by atoms with E-state index in [0.717, 1.165) is 42.0 Å². The fraction of sp³-hybridized carbons (Fsp3) is 0.217. The average molecular weight is 382 g/mol. The lowest BCUT2D eigenvalue weighted by atomic mass is 10.1. The molecule has 3 heterocycles. The largest absolute Gasteiger partial charge is 0.366 e. The minimum atomic E-state index is 0.692. The molecule has 0 radical (unpaired) electrons. The van der Waals surface area contributed by atoms with Gasteiger partial charge < -0.3 is 5.32 Å². The second kappa shape index (κ2) is 7.47. The highest BCUT2D eigenvalue weighted by Crippen LogP contribution is 2.29. The second-order valence-electron chi connectivity index (χ2n) is 7.35. The Kier molecular flexibility index (Phi) is 4.52. The molecule has 0 saturated carbocycles. The Bertz CT molecular complexity index is 1150. The Hall–Kier alpha value is -3.54. The quantitative estimate of drug-likeness (QED) is 0.564. The summed E-state index contributed by atoms with van der Waals surface area (Å²) in [4.78, 5) is 14.0. The number of benzene rings is 1. The summed E-state index contributed by atoms with van der Waals surface area (Å²) in [6, 6.07) is 14.4. The molecule has 0 atom stereocenters. The molecule has 144 valence electrons. The lowest BCUT2D eigenvalue weighted by Crippen LogP contribution is -2.08. The standard InChI is InChI=1S/C23H22N6/c1-29-15-18(14-26-29)17-7-4-6-16(12-17)13-25-22-19-8-5-10-20(19)27-23(28-22)21-9-2-3-11-24-21/h2-4,6-7,9,11-12,14-15H,5,8,10,13H2,1H3,(H,25,27,28). The first-order chi connectivity index (χ1) is 14.3. The maximum atomic E-state index is 4.82. The number of nitrogens with one attached hydrogen (secondary N) is 1. The number of anilines is 1. The van der Waals surface area contributed by atoms with Gasteiger partial charge in [0.05, 0.1) is 6.20 Å². The summed E-state index contributed by atoms with van der Waals surface area (Å²) < 4.78 is 1.82. The molecule has 1 N–H and O–H groups in total. The topological polar surface area (TPSA) is 68.5 Å². The first-order valence-corrected chi connectivity index (χ1v) is 9.89. The van der Waals surface area contributed by atoms with Crippen molar-refractivity contribution in [1.29, 1.82) is 0 Å². The van der Waals surface area contributed by atoms with E-state index in [1.165, 1.54) is 16.7 Å². The molecule has 0 aliphatic heterocycles. The third-order valence-electron chi connectivity index (χ3n) is 5.25. The van der Waals surface area contributed by atoms with Crippen LogP contribution < -0.4 is 5.32 Å². The van der Waals surface area contributed by atoms with Crippen LogP contribution in [0.1, 0.15) is 23.2 Å². The summed E-state index contributed by atoms with van der Waals surface area (Å²) in [5.41, 5.74) is 6.69. The normalized spacial score (nSPS) is 12.7. The zero-order valence-electron chi connectivity index (χ0n) is 16.3. The summed E-state index contributed by atoms with van der Waals surface area (Å²) in [7, 11) is 1.93. The third kappa shape index (κ3) is 3.61. The molecule has 1 aliphatic rings. The summed E-state index contributed by atoms with van der Waals surface area (Å²) in [5, 5.41) is 7.83. The number of rotatable bonds is 5. The summed E-state index contributed by atoms with van der Waals surface area (Å²) in [5.74, 6) is 1.62. The first-order valence-electron chi connectivity index (χ1n) is 9.89. The highest BCUT2D eigenvalue weighted by molar-refractivity contribution is 5.63. The van der Waals surface area contributed by atoms with Crippen molar-refractivity contribution in [2.45, 2.75) is 25.8 Å². The van der Waals surface area contributed by atoms with Crippen molar-refractivity contribution in [3.63, 3.8) is 0 Å². The van der Waals surface area contributed by atoms with Crippen LogP contribution in [0.2, 0.25) is 0 Å². The fourth-order valence-corrected chi connectivity index (χ4v) is 3.81.